The summed E-state index contributed by atoms with van der Waals surface area (Å²) in [6, 6.07) is 7.32. The first-order valence-corrected chi connectivity index (χ1v) is 8.31. The van der Waals surface area contributed by atoms with Crippen molar-refractivity contribution >= 4 is 57.1 Å². The van der Waals surface area contributed by atoms with Gasteiger partial charge in [-0.15, -0.1) is 11.3 Å². The van der Waals surface area contributed by atoms with Crippen LogP contribution in [0.3, 0.4) is 0 Å². The van der Waals surface area contributed by atoms with Crippen LogP contribution in [0.5, 0.6) is 0 Å². The largest absolute Gasteiger partial charge is 0.388 e. The van der Waals surface area contributed by atoms with Crippen LogP contribution in [-0.4, -0.2) is 11.7 Å². The number of hydrogen-bond donors (Lipinski definition) is 2. The SMILES string of the molecule is NCC(c1ccc(Cl)c(Cl)c1)C(O)c1csc(I)c1. The maximum absolute atomic E-state index is 10.5. The van der Waals surface area contributed by atoms with E-state index >= 15 is 0 Å². The van der Waals surface area contributed by atoms with E-state index in [-0.39, 0.29) is 5.92 Å². The first-order chi connectivity index (χ1) is 9.02. The van der Waals surface area contributed by atoms with Gasteiger partial charge in [0.05, 0.1) is 19.0 Å². The molecule has 0 saturated heterocycles. The van der Waals surface area contributed by atoms with Crippen molar-refractivity contribution in [2.75, 3.05) is 6.54 Å². The molecule has 19 heavy (non-hydrogen) atoms. The number of halogens is 3. The van der Waals surface area contributed by atoms with Gasteiger partial charge in [0.15, 0.2) is 0 Å². The summed E-state index contributed by atoms with van der Waals surface area (Å²) < 4.78 is 1.14. The summed E-state index contributed by atoms with van der Waals surface area (Å²) in [6.07, 6.45) is -0.637. The second-order valence-corrected chi connectivity index (χ2v) is 7.76. The van der Waals surface area contributed by atoms with E-state index in [1.165, 1.54) is 0 Å². The molecule has 0 aliphatic rings. The highest BCUT2D eigenvalue weighted by Gasteiger charge is 2.23. The van der Waals surface area contributed by atoms with Crippen molar-refractivity contribution in [2.24, 2.45) is 5.73 Å². The van der Waals surface area contributed by atoms with Crippen molar-refractivity contribution in [2.45, 2.75) is 12.0 Å². The molecule has 1 aromatic heterocycles. The van der Waals surface area contributed by atoms with Crippen molar-refractivity contribution in [3.05, 3.63) is 53.7 Å². The van der Waals surface area contributed by atoms with E-state index in [4.69, 9.17) is 28.9 Å². The molecule has 2 aromatic rings. The number of aliphatic hydroxyl groups excluding tert-OH is 1. The van der Waals surface area contributed by atoms with Gasteiger partial charge in [-0.1, -0.05) is 29.3 Å². The molecule has 0 aliphatic carbocycles. The molecule has 2 unspecified atom stereocenters. The van der Waals surface area contributed by atoms with Gasteiger partial charge in [0.1, 0.15) is 0 Å². The molecule has 0 spiro atoms. The monoisotopic (exact) mass is 427 g/mol. The molecule has 0 amide bonds. The third-order valence-corrected chi connectivity index (χ3v) is 5.48. The van der Waals surface area contributed by atoms with Crippen molar-refractivity contribution in [1.82, 2.24) is 0 Å². The van der Waals surface area contributed by atoms with Crippen molar-refractivity contribution < 1.29 is 5.11 Å². The number of aliphatic hydroxyl groups is 1. The zero-order valence-electron chi connectivity index (χ0n) is 9.82. The van der Waals surface area contributed by atoms with Gasteiger partial charge in [0.25, 0.3) is 0 Å². The van der Waals surface area contributed by atoms with Crippen LogP contribution >= 0.6 is 57.1 Å². The third kappa shape index (κ3) is 3.62. The molecule has 102 valence electrons. The molecule has 0 aliphatic heterocycles. The van der Waals surface area contributed by atoms with Crippen molar-refractivity contribution in [3.8, 4) is 0 Å². The van der Waals surface area contributed by atoms with E-state index in [1.807, 2.05) is 17.5 Å². The number of hydrogen-bond acceptors (Lipinski definition) is 3. The van der Waals surface area contributed by atoms with Crippen LogP contribution in [0.2, 0.25) is 10.0 Å². The summed E-state index contributed by atoms with van der Waals surface area (Å²) in [5.74, 6) is -0.194. The maximum Gasteiger partial charge on any atom is 0.0879 e. The Bertz CT molecular complexity index is 576. The van der Waals surface area contributed by atoms with Crippen LogP contribution in [0.25, 0.3) is 0 Å². The van der Waals surface area contributed by atoms with Gasteiger partial charge in [-0.3, -0.25) is 0 Å². The maximum atomic E-state index is 10.5. The lowest BCUT2D eigenvalue weighted by atomic mass is 9.90. The van der Waals surface area contributed by atoms with Gasteiger partial charge in [-0.25, -0.2) is 0 Å². The van der Waals surface area contributed by atoms with Crippen LogP contribution in [0.4, 0.5) is 0 Å². The van der Waals surface area contributed by atoms with E-state index in [0.29, 0.717) is 16.6 Å². The zero-order chi connectivity index (χ0) is 14.0. The Morgan fingerprint density at radius 2 is 1.95 bits per heavy atom. The minimum atomic E-state index is -0.637. The van der Waals surface area contributed by atoms with Gasteiger partial charge in [-0.05, 0) is 57.3 Å². The predicted octanol–water partition coefficient (Wildman–Crippen LogP) is 4.44. The fourth-order valence-electron chi connectivity index (χ4n) is 1.90. The smallest absolute Gasteiger partial charge is 0.0879 e. The fourth-order valence-corrected chi connectivity index (χ4v) is 3.61. The topological polar surface area (TPSA) is 46.2 Å². The highest BCUT2D eigenvalue weighted by molar-refractivity contribution is 14.1. The summed E-state index contributed by atoms with van der Waals surface area (Å²) in [5.41, 5.74) is 7.58. The lowest BCUT2D eigenvalue weighted by Crippen LogP contribution is -2.19. The van der Waals surface area contributed by atoms with Crippen molar-refractivity contribution in [3.63, 3.8) is 0 Å². The average molecular weight is 428 g/mol. The quantitative estimate of drug-likeness (QED) is 0.708. The first kappa shape index (κ1) is 15.5. The Kier molecular flexibility index (Phi) is 5.51. The lowest BCUT2D eigenvalue weighted by molar-refractivity contribution is 0.148. The molecule has 1 heterocycles. The summed E-state index contributed by atoms with van der Waals surface area (Å²) in [4.78, 5) is 0. The Labute approximate surface area is 139 Å². The van der Waals surface area contributed by atoms with E-state index in [2.05, 4.69) is 22.6 Å². The number of benzene rings is 1. The Morgan fingerprint density at radius 3 is 2.47 bits per heavy atom. The summed E-state index contributed by atoms with van der Waals surface area (Å²) in [7, 11) is 0. The number of nitrogens with two attached hydrogens (primary N) is 1. The predicted molar refractivity (Wildman–Crippen MR) is 90.3 cm³/mol. The molecule has 2 rings (SSSR count). The van der Waals surface area contributed by atoms with Crippen LogP contribution in [0, 0.1) is 2.88 Å². The van der Waals surface area contributed by atoms with Crippen LogP contribution < -0.4 is 5.73 Å². The number of thiophene rings is 1. The van der Waals surface area contributed by atoms with E-state index in [1.54, 1.807) is 23.5 Å². The standard InChI is InChI=1S/C13H12Cl2INOS/c14-10-2-1-7(3-11(10)15)9(5-17)13(18)8-4-12(16)19-6-8/h1-4,6,9,13,18H,5,17H2. The Hall–Kier alpha value is 0.150. The Balaban J connectivity index is 2.30. The van der Waals surface area contributed by atoms with Gasteiger partial charge in [0, 0.05) is 12.5 Å². The first-order valence-electron chi connectivity index (χ1n) is 5.60. The van der Waals surface area contributed by atoms with Gasteiger partial charge < -0.3 is 10.8 Å². The summed E-state index contributed by atoms with van der Waals surface area (Å²) >= 11 is 15.8. The summed E-state index contributed by atoms with van der Waals surface area (Å²) in [6.45, 7) is 0.339. The van der Waals surface area contributed by atoms with Gasteiger partial charge in [-0.2, -0.15) is 0 Å². The molecule has 2 nitrogen and oxygen atoms in total. The van der Waals surface area contributed by atoms with Crippen molar-refractivity contribution in [1.29, 1.82) is 0 Å². The van der Waals surface area contributed by atoms with Crippen LogP contribution in [0.1, 0.15) is 23.1 Å². The molecule has 2 atom stereocenters. The van der Waals surface area contributed by atoms with Crippen LogP contribution in [0.15, 0.2) is 29.6 Å². The zero-order valence-corrected chi connectivity index (χ0v) is 14.3. The average Bonchev–Trinajstić information content (AvgIpc) is 2.81. The van der Waals surface area contributed by atoms with E-state index in [0.717, 1.165) is 14.0 Å². The van der Waals surface area contributed by atoms with E-state index < -0.39 is 6.10 Å². The second-order valence-electron chi connectivity index (χ2n) is 4.14. The molecular formula is C13H12Cl2INOS. The van der Waals surface area contributed by atoms with Gasteiger partial charge >= 0.3 is 0 Å². The highest BCUT2D eigenvalue weighted by Crippen LogP contribution is 2.35. The molecular weight excluding hydrogens is 416 g/mol. The minimum absolute atomic E-state index is 0.194. The second kappa shape index (κ2) is 6.74. The molecule has 6 heteroatoms. The fraction of sp³-hybridized carbons (Fsp3) is 0.231. The minimum Gasteiger partial charge on any atom is -0.388 e. The summed E-state index contributed by atoms with van der Waals surface area (Å²) in [5, 5.41) is 13.4. The number of rotatable bonds is 4. The third-order valence-electron chi connectivity index (χ3n) is 2.94. The van der Waals surface area contributed by atoms with Crippen LogP contribution in [-0.2, 0) is 0 Å². The molecule has 0 fully saturated rings. The molecule has 0 saturated carbocycles. The van der Waals surface area contributed by atoms with Gasteiger partial charge in [0.2, 0.25) is 0 Å². The normalized spacial score (nSPS) is 14.4. The lowest BCUT2D eigenvalue weighted by Gasteiger charge is -2.21. The highest BCUT2D eigenvalue weighted by atomic mass is 127. The molecule has 3 N–H and O–H groups in total. The molecule has 1 aromatic carbocycles. The van der Waals surface area contributed by atoms with E-state index in [9.17, 15) is 5.11 Å². The molecule has 0 bridgehead atoms. The Morgan fingerprint density at radius 1 is 1.21 bits per heavy atom. The molecule has 0 radical (unpaired) electrons.